The molecule has 6 nitrogen and oxygen atoms in total. The van der Waals surface area contributed by atoms with Crippen LogP contribution in [0.4, 0.5) is 23.7 Å². The zero-order valence-electron chi connectivity index (χ0n) is 19.0. The molecule has 3 aromatic rings. The first kappa shape index (κ1) is 23.1. The Bertz CT molecular complexity index is 1250. The molecule has 0 saturated carbocycles. The molecule has 1 N–H and O–H groups in total. The molecular formula is C26H25F3N4O2. The van der Waals surface area contributed by atoms with Gasteiger partial charge in [0, 0.05) is 43.4 Å². The lowest BCUT2D eigenvalue weighted by Crippen LogP contribution is -2.45. The summed E-state index contributed by atoms with van der Waals surface area (Å²) < 4.78 is 38.2. The lowest BCUT2D eigenvalue weighted by atomic mass is 9.77. The van der Waals surface area contributed by atoms with Crippen LogP contribution in [0, 0.1) is 5.41 Å². The number of hydrogen-bond donors (Lipinski definition) is 1. The molecule has 0 aliphatic carbocycles. The van der Waals surface area contributed by atoms with Gasteiger partial charge in [-0.15, -0.1) is 0 Å². The minimum absolute atomic E-state index is 0.0287. The van der Waals surface area contributed by atoms with Crippen LogP contribution in [-0.2, 0) is 6.18 Å². The Morgan fingerprint density at radius 1 is 0.886 bits per heavy atom. The van der Waals surface area contributed by atoms with Gasteiger partial charge in [0.05, 0.1) is 16.6 Å². The summed E-state index contributed by atoms with van der Waals surface area (Å²) in [5.41, 5.74) is 0.824. The van der Waals surface area contributed by atoms with Crippen LogP contribution in [0.1, 0.15) is 35.2 Å². The summed E-state index contributed by atoms with van der Waals surface area (Å²) in [4.78, 5) is 33.9. The van der Waals surface area contributed by atoms with Crippen molar-refractivity contribution in [3.05, 3.63) is 71.9 Å². The van der Waals surface area contributed by atoms with Gasteiger partial charge in [0.15, 0.2) is 0 Å². The van der Waals surface area contributed by atoms with Gasteiger partial charge in [0.2, 0.25) is 0 Å². The highest BCUT2D eigenvalue weighted by molar-refractivity contribution is 6.05. The Hall–Kier alpha value is -3.62. The lowest BCUT2D eigenvalue weighted by molar-refractivity contribution is -0.137. The third-order valence-corrected chi connectivity index (χ3v) is 7.16. The molecule has 0 unspecified atom stereocenters. The lowest BCUT2D eigenvalue weighted by Gasteiger charge is -2.39. The van der Waals surface area contributed by atoms with Crippen LogP contribution in [0.25, 0.3) is 10.9 Å². The average molecular weight is 483 g/mol. The van der Waals surface area contributed by atoms with Crippen molar-refractivity contribution >= 4 is 28.5 Å². The van der Waals surface area contributed by atoms with E-state index >= 15 is 0 Å². The SMILES string of the molecule is O=C(Nc1ccc(C(F)(F)F)cc1)N1CCC2(CCN(C(=O)c3cccc4cccnc34)CC2)C1. The number of amides is 3. The largest absolute Gasteiger partial charge is 0.416 e. The van der Waals surface area contributed by atoms with E-state index < -0.39 is 11.7 Å². The summed E-state index contributed by atoms with van der Waals surface area (Å²) in [5.74, 6) is -0.0287. The molecule has 2 fully saturated rings. The Kier molecular flexibility index (Phi) is 5.86. The summed E-state index contributed by atoms with van der Waals surface area (Å²) in [6.45, 7) is 2.36. The smallest absolute Gasteiger partial charge is 0.339 e. The van der Waals surface area contributed by atoms with Gasteiger partial charge in [-0.05, 0) is 61.1 Å². The summed E-state index contributed by atoms with van der Waals surface area (Å²) in [6.07, 6.45) is -0.301. The molecule has 0 bridgehead atoms. The standard InChI is InChI=1S/C26H25F3N4O2/c27-26(28,29)19-6-8-20(9-7-19)31-24(35)33-16-12-25(17-33)10-14-32(15-11-25)23(34)21-5-1-3-18-4-2-13-30-22(18)21/h1-9,13H,10-12,14-17H2,(H,31,35). The van der Waals surface area contributed by atoms with Crippen LogP contribution >= 0.6 is 0 Å². The summed E-state index contributed by atoms with van der Waals surface area (Å²) in [5, 5.41) is 3.63. The number of piperidine rings is 1. The van der Waals surface area contributed by atoms with Gasteiger partial charge < -0.3 is 15.1 Å². The number of fused-ring (bicyclic) bond motifs is 1. The molecule has 1 aromatic heterocycles. The fraction of sp³-hybridized carbons (Fsp3) is 0.346. The van der Waals surface area contributed by atoms with E-state index in [0.717, 1.165) is 36.8 Å². The molecule has 2 aliphatic heterocycles. The van der Waals surface area contributed by atoms with Crippen molar-refractivity contribution in [3.63, 3.8) is 0 Å². The number of anilines is 1. The predicted molar refractivity (Wildman–Crippen MR) is 126 cm³/mol. The number of halogens is 3. The van der Waals surface area contributed by atoms with Crippen LogP contribution in [0.5, 0.6) is 0 Å². The number of nitrogens with zero attached hydrogens (tertiary/aromatic N) is 3. The van der Waals surface area contributed by atoms with Gasteiger partial charge in [0.1, 0.15) is 0 Å². The molecule has 1 spiro atoms. The van der Waals surface area contributed by atoms with Gasteiger partial charge in [-0.2, -0.15) is 13.2 Å². The summed E-state index contributed by atoms with van der Waals surface area (Å²) in [7, 11) is 0. The van der Waals surface area contributed by atoms with E-state index in [9.17, 15) is 22.8 Å². The first-order chi connectivity index (χ1) is 16.7. The molecular weight excluding hydrogens is 457 g/mol. The van der Waals surface area contributed by atoms with Gasteiger partial charge in [0.25, 0.3) is 5.91 Å². The molecule has 2 saturated heterocycles. The third kappa shape index (κ3) is 4.67. The maximum absolute atomic E-state index is 13.2. The highest BCUT2D eigenvalue weighted by Gasteiger charge is 2.43. The van der Waals surface area contributed by atoms with Gasteiger partial charge in [-0.3, -0.25) is 9.78 Å². The number of benzene rings is 2. The van der Waals surface area contributed by atoms with Crippen LogP contribution in [0.2, 0.25) is 0 Å². The van der Waals surface area contributed by atoms with Gasteiger partial charge in [-0.1, -0.05) is 18.2 Å². The number of aromatic nitrogens is 1. The molecule has 3 heterocycles. The van der Waals surface area contributed by atoms with Crippen LogP contribution < -0.4 is 5.32 Å². The highest BCUT2D eigenvalue weighted by Crippen LogP contribution is 2.41. The second-order valence-corrected chi connectivity index (χ2v) is 9.35. The fourth-order valence-corrected chi connectivity index (χ4v) is 5.09. The molecule has 0 atom stereocenters. The molecule has 0 radical (unpaired) electrons. The van der Waals surface area contributed by atoms with E-state index in [2.05, 4.69) is 10.3 Å². The van der Waals surface area contributed by atoms with E-state index in [1.54, 1.807) is 11.1 Å². The number of rotatable bonds is 2. The molecule has 182 valence electrons. The van der Waals surface area contributed by atoms with Crippen LogP contribution in [0.3, 0.4) is 0 Å². The normalized spacial score (nSPS) is 17.7. The minimum Gasteiger partial charge on any atom is -0.339 e. The Morgan fingerprint density at radius 3 is 2.23 bits per heavy atom. The number of likely N-dealkylation sites (tertiary alicyclic amines) is 2. The first-order valence-corrected chi connectivity index (χ1v) is 11.6. The predicted octanol–water partition coefficient (Wildman–Crippen LogP) is 5.41. The van der Waals surface area contributed by atoms with Crippen molar-refractivity contribution in [2.45, 2.75) is 25.4 Å². The third-order valence-electron chi connectivity index (χ3n) is 7.16. The number of para-hydroxylation sites is 1. The maximum Gasteiger partial charge on any atom is 0.416 e. The van der Waals surface area contributed by atoms with E-state index in [-0.39, 0.29) is 17.4 Å². The van der Waals surface area contributed by atoms with Crippen molar-refractivity contribution in [2.24, 2.45) is 5.41 Å². The molecule has 35 heavy (non-hydrogen) atoms. The number of nitrogens with one attached hydrogen (secondary N) is 1. The van der Waals surface area contributed by atoms with E-state index in [1.807, 2.05) is 35.2 Å². The number of alkyl halides is 3. The number of carbonyl (C=O) groups excluding carboxylic acids is 2. The average Bonchev–Trinajstić information content (AvgIpc) is 3.27. The number of hydrogen-bond acceptors (Lipinski definition) is 3. The number of urea groups is 1. The number of carbonyl (C=O) groups is 2. The van der Waals surface area contributed by atoms with Crippen molar-refractivity contribution < 1.29 is 22.8 Å². The molecule has 2 aliphatic rings. The molecule has 5 rings (SSSR count). The Morgan fingerprint density at radius 2 is 1.54 bits per heavy atom. The van der Waals surface area contributed by atoms with Gasteiger partial charge in [-0.25, -0.2) is 4.79 Å². The second-order valence-electron chi connectivity index (χ2n) is 9.35. The fourth-order valence-electron chi connectivity index (χ4n) is 5.09. The van der Waals surface area contributed by atoms with E-state index in [0.29, 0.717) is 42.9 Å². The monoisotopic (exact) mass is 482 g/mol. The maximum atomic E-state index is 13.2. The van der Waals surface area contributed by atoms with Gasteiger partial charge >= 0.3 is 12.2 Å². The quantitative estimate of drug-likeness (QED) is 0.531. The van der Waals surface area contributed by atoms with E-state index in [1.165, 1.54) is 12.1 Å². The Labute approximate surface area is 200 Å². The molecule has 9 heteroatoms. The number of pyridine rings is 1. The van der Waals surface area contributed by atoms with Crippen molar-refractivity contribution in [1.29, 1.82) is 0 Å². The van der Waals surface area contributed by atoms with Crippen molar-refractivity contribution in [2.75, 3.05) is 31.5 Å². The molecule has 2 aromatic carbocycles. The highest BCUT2D eigenvalue weighted by atomic mass is 19.4. The second kappa shape index (κ2) is 8.87. The van der Waals surface area contributed by atoms with Crippen LogP contribution in [0.15, 0.2) is 60.8 Å². The van der Waals surface area contributed by atoms with E-state index in [4.69, 9.17) is 0 Å². The summed E-state index contributed by atoms with van der Waals surface area (Å²) in [6, 6.07) is 13.5. The molecule has 3 amide bonds. The zero-order chi connectivity index (χ0) is 24.6. The minimum atomic E-state index is -4.41. The summed E-state index contributed by atoms with van der Waals surface area (Å²) >= 11 is 0. The zero-order valence-corrected chi connectivity index (χ0v) is 19.0. The van der Waals surface area contributed by atoms with Crippen molar-refractivity contribution in [1.82, 2.24) is 14.8 Å². The first-order valence-electron chi connectivity index (χ1n) is 11.6. The topological polar surface area (TPSA) is 65.5 Å². The Balaban J connectivity index is 1.19. The van der Waals surface area contributed by atoms with Crippen molar-refractivity contribution in [3.8, 4) is 0 Å². The van der Waals surface area contributed by atoms with Crippen LogP contribution in [-0.4, -0.2) is 52.9 Å².